The van der Waals surface area contributed by atoms with E-state index in [2.05, 4.69) is 17.2 Å². The lowest BCUT2D eigenvalue weighted by Gasteiger charge is -2.11. The Morgan fingerprint density at radius 3 is 2.90 bits per heavy atom. The zero-order valence-electron chi connectivity index (χ0n) is 12.0. The van der Waals surface area contributed by atoms with Gasteiger partial charge in [-0.15, -0.1) is 0 Å². The van der Waals surface area contributed by atoms with E-state index in [4.69, 9.17) is 5.73 Å². The highest BCUT2D eigenvalue weighted by Gasteiger charge is 2.28. The van der Waals surface area contributed by atoms with Crippen molar-refractivity contribution in [3.8, 4) is 0 Å². The first kappa shape index (κ1) is 13.2. The molecule has 1 fully saturated rings. The Kier molecular flexibility index (Phi) is 3.26. The van der Waals surface area contributed by atoms with Crippen molar-refractivity contribution in [1.29, 1.82) is 0 Å². The molecule has 3 rings (SSSR count). The molecule has 0 saturated heterocycles. The number of hydrogen-bond donors (Lipinski definition) is 3. The first-order chi connectivity index (χ1) is 9.56. The molecule has 4 nitrogen and oxygen atoms in total. The van der Waals surface area contributed by atoms with Crippen LogP contribution in [0.3, 0.4) is 0 Å². The van der Waals surface area contributed by atoms with Gasteiger partial charge in [0.15, 0.2) is 0 Å². The summed E-state index contributed by atoms with van der Waals surface area (Å²) in [4.78, 5) is 15.5. The monoisotopic (exact) mass is 271 g/mol. The van der Waals surface area contributed by atoms with Gasteiger partial charge in [-0.1, -0.05) is 0 Å². The van der Waals surface area contributed by atoms with Gasteiger partial charge in [0.05, 0.1) is 0 Å². The van der Waals surface area contributed by atoms with E-state index in [-0.39, 0.29) is 11.9 Å². The molecule has 1 atom stereocenters. The standard InChI is InChI=1S/C16H21N3O/c1-9-10(2)19-15-6-5-12(7-13(9)15)16(20)18-8-14(17)11-3-4-11/h5-7,11,14,19H,3-4,8,17H2,1-2H3,(H,18,20). The van der Waals surface area contributed by atoms with Gasteiger partial charge < -0.3 is 16.0 Å². The van der Waals surface area contributed by atoms with Crippen molar-refractivity contribution in [1.82, 2.24) is 10.3 Å². The number of carbonyl (C=O) groups is 1. The predicted octanol–water partition coefficient (Wildman–Crippen LogP) is 2.25. The first-order valence-electron chi connectivity index (χ1n) is 7.19. The lowest BCUT2D eigenvalue weighted by Crippen LogP contribution is -2.38. The summed E-state index contributed by atoms with van der Waals surface area (Å²) in [6, 6.07) is 5.87. The molecule has 20 heavy (non-hydrogen) atoms. The average Bonchev–Trinajstić information content (AvgIpc) is 3.24. The number of nitrogens with one attached hydrogen (secondary N) is 2. The number of carbonyl (C=O) groups excluding carboxylic acids is 1. The van der Waals surface area contributed by atoms with Crippen molar-refractivity contribution in [3.05, 3.63) is 35.0 Å². The quantitative estimate of drug-likeness (QED) is 0.798. The van der Waals surface area contributed by atoms with Crippen molar-refractivity contribution < 1.29 is 4.79 Å². The van der Waals surface area contributed by atoms with E-state index >= 15 is 0 Å². The Bertz CT molecular complexity index is 655. The zero-order valence-corrected chi connectivity index (χ0v) is 12.0. The van der Waals surface area contributed by atoms with Gasteiger partial charge in [-0.25, -0.2) is 0 Å². The Balaban J connectivity index is 1.75. The largest absolute Gasteiger partial charge is 0.358 e. The first-order valence-corrected chi connectivity index (χ1v) is 7.19. The Labute approximate surface area is 118 Å². The number of nitrogens with two attached hydrogens (primary N) is 1. The Morgan fingerprint density at radius 1 is 1.45 bits per heavy atom. The minimum atomic E-state index is -0.0405. The number of aryl methyl sites for hydroxylation is 2. The number of fused-ring (bicyclic) bond motifs is 1. The molecule has 1 saturated carbocycles. The molecule has 1 unspecified atom stereocenters. The molecule has 0 bridgehead atoms. The van der Waals surface area contributed by atoms with Crippen LogP contribution in [0.15, 0.2) is 18.2 Å². The molecular weight excluding hydrogens is 250 g/mol. The molecule has 1 amide bonds. The van der Waals surface area contributed by atoms with Crippen molar-refractivity contribution >= 4 is 16.8 Å². The van der Waals surface area contributed by atoms with E-state index in [9.17, 15) is 4.79 Å². The van der Waals surface area contributed by atoms with Gasteiger partial charge in [-0.2, -0.15) is 0 Å². The zero-order chi connectivity index (χ0) is 14.3. The number of amides is 1. The second-order valence-electron chi connectivity index (χ2n) is 5.85. The van der Waals surface area contributed by atoms with Crippen LogP contribution in [0.1, 0.15) is 34.5 Å². The smallest absolute Gasteiger partial charge is 0.251 e. The number of H-pyrrole nitrogens is 1. The molecule has 1 heterocycles. The highest BCUT2D eigenvalue weighted by Crippen LogP contribution is 2.31. The highest BCUT2D eigenvalue weighted by molar-refractivity contribution is 5.99. The van der Waals surface area contributed by atoms with E-state index in [0.717, 1.165) is 16.6 Å². The molecule has 0 aliphatic heterocycles. The minimum absolute atomic E-state index is 0.0405. The summed E-state index contributed by atoms with van der Waals surface area (Å²) in [6.45, 7) is 4.68. The summed E-state index contributed by atoms with van der Waals surface area (Å²) >= 11 is 0. The van der Waals surface area contributed by atoms with Gasteiger partial charge in [0.25, 0.3) is 5.91 Å². The van der Waals surface area contributed by atoms with Gasteiger partial charge in [-0.05, 0) is 56.4 Å². The summed E-state index contributed by atoms with van der Waals surface area (Å²) in [7, 11) is 0. The summed E-state index contributed by atoms with van der Waals surface area (Å²) in [5.74, 6) is 0.564. The third-order valence-corrected chi connectivity index (χ3v) is 4.30. The van der Waals surface area contributed by atoms with Crippen LogP contribution in [0.2, 0.25) is 0 Å². The second-order valence-corrected chi connectivity index (χ2v) is 5.85. The predicted molar refractivity (Wildman–Crippen MR) is 80.8 cm³/mol. The molecule has 1 aliphatic carbocycles. The minimum Gasteiger partial charge on any atom is -0.358 e. The molecule has 4 N–H and O–H groups in total. The van der Waals surface area contributed by atoms with Gasteiger partial charge in [0.2, 0.25) is 0 Å². The molecule has 0 radical (unpaired) electrons. The van der Waals surface area contributed by atoms with Gasteiger partial charge in [0.1, 0.15) is 0 Å². The fourth-order valence-corrected chi connectivity index (χ4v) is 2.61. The molecular formula is C16H21N3O. The second kappa shape index (κ2) is 4.94. The van der Waals surface area contributed by atoms with E-state index in [1.165, 1.54) is 18.4 Å². The lowest BCUT2D eigenvalue weighted by molar-refractivity contribution is 0.0950. The highest BCUT2D eigenvalue weighted by atomic mass is 16.1. The lowest BCUT2D eigenvalue weighted by atomic mass is 10.1. The van der Waals surface area contributed by atoms with Crippen LogP contribution in [0.25, 0.3) is 10.9 Å². The SMILES string of the molecule is Cc1[nH]c2ccc(C(=O)NCC(N)C3CC3)cc2c1C. The maximum atomic E-state index is 12.2. The van der Waals surface area contributed by atoms with Crippen molar-refractivity contribution in [3.63, 3.8) is 0 Å². The van der Waals surface area contributed by atoms with E-state index in [1.807, 2.05) is 25.1 Å². The Morgan fingerprint density at radius 2 is 2.20 bits per heavy atom. The molecule has 106 valence electrons. The van der Waals surface area contributed by atoms with Gasteiger partial charge >= 0.3 is 0 Å². The van der Waals surface area contributed by atoms with Crippen LogP contribution < -0.4 is 11.1 Å². The molecule has 1 aromatic carbocycles. The van der Waals surface area contributed by atoms with Crippen molar-refractivity contribution in [2.24, 2.45) is 11.7 Å². The van der Waals surface area contributed by atoms with Crippen LogP contribution >= 0.6 is 0 Å². The molecule has 2 aromatic rings. The number of rotatable bonds is 4. The molecule has 1 aliphatic rings. The maximum absolute atomic E-state index is 12.2. The fourth-order valence-electron chi connectivity index (χ4n) is 2.61. The van der Waals surface area contributed by atoms with Gasteiger partial charge in [0, 0.05) is 34.7 Å². The number of aromatic amines is 1. The fraction of sp³-hybridized carbons (Fsp3) is 0.438. The van der Waals surface area contributed by atoms with E-state index < -0.39 is 0 Å². The summed E-state index contributed by atoms with van der Waals surface area (Å²) in [5, 5.41) is 4.05. The third kappa shape index (κ3) is 2.43. The van der Waals surface area contributed by atoms with Crippen LogP contribution in [-0.2, 0) is 0 Å². The molecule has 0 spiro atoms. The summed E-state index contributed by atoms with van der Waals surface area (Å²) in [6.07, 6.45) is 2.40. The van der Waals surface area contributed by atoms with E-state index in [0.29, 0.717) is 18.0 Å². The van der Waals surface area contributed by atoms with E-state index in [1.54, 1.807) is 0 Å². The van der Waals surface area contributed by atoms with Gasteiger partial charge in [-0.3, -0.25) is 4.79 Å². The number of benzene rings is 1. The molecule has 1 aromatic heterocycles. The Hall–Kier alpha value is -1.81. The van der Waals surface area contributed by atoms with Crippen molar-refractivity contribution in [2.75, 3.05) is 6.54 Å². The topological polar surface area (TPSA) is 70.9 Å². The third-order valence-electron chi connectivity index (χ3n) is 4.30. The maximum Gasteiger partial charge on any atom is 0.251 e. The molecule has 4 heteroatoms. The number of hydrogen-bond acceptors (Lipinski definition) is 2. The van der Waals surface area contributed by atoms with Crippen molar-refractivity contribution in [2.45, 2.75) is 32.7 Å². The average molecular weight is 271 g/mol. The normalized spacial score (nSPS) is 16.4. The summed E-state index contributed by atoms with van der Waals surface area (Å²) < 4.78 is 0. The van der Waals surface area contributed by atoms with Crippen LogP contribution in [0.5, 0.6) is 0 Å². The van der Waals surface area contributed by atoms with Crippen LogP contribution in [-0.4, -0.2) is 23.5 Å². The van der Waals surface area contributed by atoms with Crippen LogP contribution in [0, 0.1) is 19.8 Å². The number of aromatic nitrogens is 1. The van der Waals surface area contributed by atoms with Crippen LogP contribution in [0.4, 0.5) is 0 Å². The summed E-state index contributed by atoms with van der Waals surface area (Å²) in [5.41, 5.74) is 10.1.